The fourth-order valence-corrected chi connectivity index (χ4v) is 3.71. The second kappa shape index (κ2) is 6.63. The third kappa shape index (κ3) is 2.66. The summed E-state index contributed by atoms with van der Waals surface area (Å²) in [6, 6.07) is 26.4. The van der Waals surface area contributed by atoms with Crippen molar-refractivity contribution in [2.45, 2.75) is 0 Å². The standard InChI is InChI=1S/C24H16N6/c1-3-7-16(8-4-1)18-13-19-20(25-15-18)11-12-30-23(19)28-29-24(30)22-14-21(26-27-22)17-9-5-2-6-10-17/h1-15H,(H,26,27). The lowest BCUT2D eigenvalue weighted by atomic mass is 10.1. The topological polar surface area (TPSA) is 71.8 Å². The van der Waals surface area contributed by atoms with Crippen molar-refractivity contribution in [3.63, 3.8) is 0 Å². The van der Waals surface area contributed by atoms with Gasteiger partial charge in [-0.3, -0.25) is 14.5 Å². The Morgan fingerprint density at radius 1 is 0.733 bits per heavy atom. The number of hydrogen-bond acceptors (Lipinski definition) is 4. The summed E-state index contributed by atoms with van der Waals surface area (Å²) in [6.45, 7) is 0. The lowest BCUT2D eigenvalue weighted by molar-refractivity contribution is 1.05. The van der Waals surface area contributed by atoms with Gasteiger partial charge in [0.1, 0.15) is 5.69 Å². The summed E-state index contributed by atoms with van der Waals surface area (Å²) < 4.78 is 1.97. The second-order valence-corrected chi connectivity index (χ2v) is 7.09. The van der Waals surface area contributed by atoms with Gasteiger partial charge in [-0.15, -0.1) is 10.2 Å². The molecule has 0 aliphatic heterocycles. The molecule has 2 aromatic carbocycles. The lowest BCUT2D eigenvalue weighted by Crippen LogP contribution is -1.92. The Balaban J connectivity index is 1.49. The molecule has 4 aromatic heterocycles. The molecule has 0 saturated carbocycles. The number of fused-ring (bicyclic) bond motifs is 3. The van der Waals surface area contributed by atoms with Crippen LogP contribution in [0.3, 0.4) is 0 Å². The highest BCUT2D eigenvalue weighted by Gasteiger charge is 2.14. The zero-order valence-electron chi connectivity index (χ0n) is 15.9. The van der Waals surface area contributed by atoms with E-state index < -0.39 is 0 Å². The van der Waals surface area contributed by atoms with Crippen LogP contribution in [0.1, 0.15) is 0 Å². The van der Waals surface area contributed by atoms with Crippen LogP contribution in [0.2, 0.25) is 0 Å². The van der Waals surface area contributed by atoms with Gasteiger partial charge in [0, 0.05) is 28.9 Å². The SMILES string of the molecule is c1ccc(-c2cnc3ccn4c(-c5cc(-c6ccccc6)n[nH]5)nnc4c3c2)cc1. The molecule has 0 amide bonds. The van der Waals surface area contributed by atoms with E-state index in [1.54, 1.807) is 0 Å². The van der Waals surface area contributed by atoms with Crippen LogP contribution in [0.5, 0.6) is 0 Å². The van der Waals surface area contributed by atoms with Crippen molar-refractivity contribution >= 4 is 16.6 Å². The third-order valence-electron chi connectivity index (χ3n) is 5.23. The van der Waals surface area contributed by atoms with Crippen LogP contribution in [-0.4, -0.2) is 29.8 Å². The maximum atomic E-state index is 4.63. The molecule has 0 spiro atoms. The summed E-state index contributed by atoms with van der Waals surface area (Å²) in [5.74, 6) is 0.715. The maximum Gasteiger partial charge on any atom is 0.186 e. The Morgan fingerprint density at radius 3 is 2.30 bits per heavy atom. The zero-order chi connectivity index (χ0) is 19.9. The molecule has 0 aliphatic rings. The average molecular weight is 388 g/mol. The molecule has 6 heteroatoms. The van der Waals surface area contributed by atoms with E-state index in [1.807, 2.05) is 77.5 Å². The van der Waals surface area contributed by atoms with Gasteiger partial charge >= 0.3 is 0 Å². The third-order valence-corrected chi connectivity index (χ3v) is 5.23. The van der Waals surface area contributed by atoms with Crippen molar-refractivity contribution in [2.24, 2.45) is 0 Å². The highest BCUT2D eigenvalue weighted by molar-refractivity contribution is 5.94. The maximum absolute atomic E-state index is 4.63. The molecular weight excluding hydrogens is 372 g/mol. The first kappa shape index (κ1) is 16.6. The minimum Gasteiger partial charge on any atom is -0.281 e. The predicted molar refractivity (Wildman–Crippen MR) is 117 cm³/mol. The van der Waals surface area contributed by atoms with E-state index in [9.17, 15) is 0 Å². The fraction of sp³-hybridized carbons (Fsp3) is 0. The van der Waals surface area contributed by atoms with Gasteiger partial charge in [-0.2, -0.15) is 5.10 Å². The first-order valence-electron chi connectivity index (χ1n) is 9.67. The number of aromatic nitrogens is 6. The summed E-state index contributed by atoms with van der Waals surface area (Å²) in [5.41, 5.74) is 6.56. The van der Waals surface area contributed by atoms with Crippen molar-refractivity contribution in [1.82, 2.24) is 29.8 Å². The molecule has 0 radical (unpaired) electrons. The smallest absolute Gasteiger partial charge is 0.186 e. The van der Waals surface area contributed by atoms with Gasteiger partial charge in [0.05, 0.1) is 11.2 Å². The van der Waals surface area contributed by atoms with E-state index in [0.29, 0.717) is 5.82 Å². The van der Waals surface area contributed by atoms with E-state index >= 15 is 0 Å². The van der Waals surface area contributed by atoms with Gasteiger partial charge in [0.2, 0.25) is 0 Å². The van der Waals surface area contributed by atoms with Crippen molar-refractivity contribution in [3.8, 4) is 33.9 Å². The lowest BCUT2D eigenvalue weighted by Gasteiger charge is -2.05. The number of rotatable bonds is 3. The molecule has 1 N–H and O–H groups in total. The van der Waals surface area contributed by atoms with E-state index in [2.05, 4.69) is 43.6 Å². The first-order valence-corrected chi connectivity index (χ1v) is 9.67. The number of nitrogens with zero attached hydrogens (tertiary/aromatic N) is 5. The molecule has 0 fully saturated rings. The molecule has 0 aliphatic carbocycles. The quantitative estimate of drug-likeness (QED) is 0.463. The number of H-pyrrole nitrogens is 1. The van der Waals surface area contributed by atoms with Gasteiger partial charge in [0.25, 0.3) is 0 Å². The normalized spacial score (nSPS) is 11.3. The van der Waals surface area contributed by atoms with Gasteiger partial charge in [-0.05, 0) is 23.8 Å². The average Bonchev–Trinajstić information content (AvgIpc) is 3.47. The van der Waals surface area contributed by atoms with Gasteiger partial charge in [-0.25, -0.2) is 0 Å². The van der Waals surface area contributed by atoms with Crippen LogP contribution < -0.4 is 0 Å². The highest BCUT2D eigenvalue weighted by Crippen LogP contribution is 2.28. The molecule has 142 valence electrons. The molecule has 0 atom stereocenters. The summed E-state index contributed by atoms with van der Waals surface area (Å²) in [4.78, 5) is 4.63. The summed E-state index contributed by atoms with van der Waals surface area (Å²) in [7, 11) is 0. The van der Waals surface area contributed by atoms with Gasteiger partial charge in [-0.1, -0.05) is 60.7 Å². The Labute approximate surface area is 171 Å². The van der Waals surface area contributed by atoms with Crippen molar-refractivity contribution < 1.29 is 0 Å². The molecule has 6 aromatic rings. The molecular formula is C24H16N6. The van der Waals surface area contributed by atoms with E-state index in [-0.39, 0.29) is 0 Å². The minimum atomic E-state index is 0.715. The Kier molecular flexibility index (Phi) is 3.67. The fourth-order valence-electron chi connectivity index (χ4n) is 3.71. The highest BCUT2D eigenvalue weighted by atomic mass is 15.3. The molecule has 0 saturated heterocycles. The molecule has 0 unspecified atom stereocenters. The molecule has 4 heterocycles. The molecule has 6 nitrogen and oxygen atoms in total. The van der Waals surface area contributed by atoms with Crippen LogP contribution >= 0.6 is 0 Å². The van der Waals surface area contributed by atoms with E-state index in [4.69, 9.17) is 0 Å². The Bertz CT molecular complexity index is 1480. The molecule has 6 rings (SSSR count). The van der Waals surface area contributed by atoms with Crippen molar-refractivity contribution in [2.75, 3.05) is 0 Å². The van der Waals surface area contributed by atoms with Crippen LogP contribution in [-0.2, 0) is 0 Å². The summed E-state index contributed by atoms with van der Waals surface area (Å²) >= 11 is 0. The Hall–Kier alpha value is -4.32. The van der Waals surface area contributed by atoms with E-state index in [1.165, 1.54) is 0 Å². The number of pyridine rings is 2. The van der Waals surface area contributed by atoms with Gasteiger partial charge < -0.3 is 0 Å². The van der Waals surface area contributed by atoms with Crippen molar-refractivity contribution in [3.05, 3.63) is 91.3 Å². The number of benzene rings is 2. The van der Waals surface area contributed by atoms with Crippen molar-refractivity contribution in [1.29, 1.82) is 0 Å². The van der Waals surface area contributed by atoms with Gasteiger partial charge in [0.15, 0.2) is 11.5 Å². The number of aromatic amines is 1. The minimum absolute atomic E-state index is 0.715. The zero-order valence-corrected chi connectivity index (χ0v) is 15.9. The largest absolute Gasteiger partial charge is 0.281 e. The van der Waals surface area contributed by atoms with Crippen LogP contribution in [0.25, 0.3) is 50.5 Å². The predicted octanol–water partition coefficient (Wildman–Crippen LogP) is 5.00. The first-order chi connectivity index (χ1) is 14.9. The van der Waals surface area contributed by atoms with Crippen LogP contribution in [0.4, 0.5) is 0 Å². The summed E-state index contributed by atoms with van der Waals surface area (Å²) in [6.07, 6.45) is 3.84. The molecule has 30 heavy (non-hydrogen) atoms. The monoisotopic (exact) mass is 388 g/mol. The summed E-state index contributed by atoms with van der Waals surface area (Å²) in [5, 5.41) is 17.4. The molecule has 0 bridgehead atoms. The Morgan fingerprint density at radius 2 is 1.50 bits per heavy atom. The van der Waals surface area contributed by atoms with Crippen LogP contribution in [0.15, 0.2) is 91.3 Å². The number of nitrogens with one attached hydrogen (secondary N) is 1. The number of hydrogen-bond donors (Lipinski definition) is 1. The second-order valence-electron chi connectivity index (χ2n) is 7.09. The van der Waals surface area contributed by atoms with E-state index in [0.717, 1.165) is 44.6 Å². The van der Waals surface area contributed by atoms with Crippen LogP contribution in [0, 0.1) is 0 Å².